The van der Waals surface area contributed by atoms with E-state index in [9.17, 15) is 10.1 Å². The molecule has 1 fully saturated rings. The molecule has 1 aliphatic rings. The van der Waals surface area contributed by atoms with Crippen LogP contribution in [0.15, 0.2) is 22.7 Å². The van der Waals surface area contributed by atoms with Gasteiger partial charge in [-0.05, 0) is 18.2 Å². The minimum absolute atomic E-state index is 0.202. The number of morpholine rings is 1. The molecule has 0 spiro atoms. The zero-order chi connectivity index (χ0) is 14.5. The topological polar surface area (TPSA) is 62.6 Å². The lowest BCUT2D eigenvalue weighted by atomic mass is 10.1. The van der Waals surface area contributed by atoms with E-state index in [4.69, 9.17) is 4.74 Å². The van der Waals surface area contributed by atoms with E-state index in [0.717, 1.165) is 10.2 Å². The fraction of sp³-hybridized carbons (Fsp3) is 0.429. The summed E-state index contributed by atoms with van der Waals surface area (Å²) in [6.45, 7) is 1.81. The number of nitrogens with zero attached hydrogens (tertiary/aromatic N) is 2. The van der Waals surface area contributed by atoms with Crippen LogP contribution in [0.5, 0.6) is 0 Å². The molecule has 0 unspecified atom stereocenters. The van der Waals surface area contributed by atoms with Gasteiger partial charge in [0.05, 0.1) is 37.5 Å². The van der Waals surface area contributed by atoms with Gasteiger partial charge in [-0.1, -0.05) is 15.9 Å². The van der Waals surface area contributed by atoms with Crippen LogP contribution < -0.4 is 4.90 Å². The van der Waals surface area contributed by atoms with Gasteiger partial charge in [0, 0.05) is 17.6 Å². The third kappa shape index (κ3) is 3.50. The Kier molecular flexibility index (Phi) is 4.99. The average molecular weight is 339 g/mol. The summed E-state index contributed by atoms with van der Waals surface area (Å²) in [6.07, 6.45) is 0.0252. The van der Waals surface area contributed by atoms with Gasteiger partial charge >= 0.3 is 5.97 Å². The summed E-state index contributed by atoms with van der Waals surface area (Å²) in [4.78, 5) is 13.4. The molecule has 0 radical (unpaired) electrons. The van der Waals surface area contributed by atoms with Crippen LogP contribution in [0.3, 0.4) is 0 Å². The third-order valence-electron chi connectivity index (χ3n) is 3.18. The normalized spacial score (nSPS) is 18.4. The fourth-order valence-electron chi connectivity index (χ4n) is 2.20. The molecular weight excluding hydrogens is 324 g/mol. The minimum atomic E-state index is -0.284. The van der Waals surface area contributed by atoms with Gasteiger partial charge in [-0.2, -0.15) is 5.26 Å². The lowest BCUT2D eigenvalue weighted by molar-refractivity contribution is -0.144. The first-order chi connectivity index (χ1) is 9.63. The highest BCUT2D eigenvalue weighted by Crippen LogP contribution is 2.26. The number of ether oxygens (including phenoxy) is 2. The standard InChI is InChI=1S/C14H15BrN2O3/c1-19-14(18)7-12-9-17(4-5-20-12)13-3-2-11(15)6-10(13)8-16/h2-3,6,12H,4-5,7,9H2,1H3/t12-/m0/s1. The van der Waals surface area contributed by atoms with Crippen molar-refractivity contribution in [3.05, 3.63) is 28.2 Å². The van der Waals surface area contributed by atoms with Gasteiger partial charge in [-0.3, -0.25) is 4.79 Å². The van der Waals surface area contributed by atoms with Crippen LogP contribution in [-0.4, -0.2) is 38.9 Å². The van der Waals surface area contributed by atoms with E-state index in [1.54, 1.807) is 6.07 Å². The first-order valence-corrected chi connectivity index (χ1v) is 7.06. The van der Waals surface area contributed by atoms with Crippen LogP contribution in [0.4, 0.5) is 5.69 Å². The number of hydrogen-bond donors (Lipinski definition) is 0. The number of rotatable bonds is 3. The number of nitriles is 1. The minimum Gasteiger partial charge on any atom is -0.469 e. The van der Waals surface area contributed by atoms with Crippen molar-refractivity contribution in [3.63, 3.8) is 0 Å². The lowest BCUT2D eigenvalue weighted by Gasteiger charge is -2.34. The molecule has 106 valence electrons. The Labute approximate surface area is 126 Å². The van der Waals surface area contributed by atoms with Crippen molar-refractivity contribution in [2.45, 2.75) is 12.5 Å². The predicted octanol–water partition coefficient (Wildman–Crippen LogP) is 2.09. The van der Waals surface area contributed by atoms with Gasteiger partial charge < -0.3 is 14.4 Å². The molecule has 20 heavy (non-hydrogen) atoms. The maximum Gasteiger partial charge on any atom is 0.308 e. The summed E-state index contributed by atoms with van der Waals surface area (Å²) in [5.41, 5.74) is 1.48. The van der Waals surface area contributed by atoms with Crippen molar-refractivity contribution in [1.29, 1.82) is 5.26 Å². The van der Waals surface area contributed by atoms with Gasteiger partial charge in [-0.25, -0.2) is 0 Å². The first kappa shape index (κ1) is 14.8. The van der Waals surface area contributed by atoms with Gasteiger partial charge in [0.25, 0.3) is 0 Å². The predicted molar refractivity (Wildman–Crippen MR) is 77.4 cm³/mol. The van der Waals surface area contributed by atoms with Gasteiger partial charge in [0.1, 0.15) is 6.07 Å². The van der Waals surface area contributed by atoms with E-state index in [1.807, 2.05) is 12.1 Å². The molecule has 0 aromatic heterocycles. The summed E-state index contributed by atoms with van der Waals surface area (Å²) >= 11 is 3.36. The molecule has 1 saturated heterocycles. The first-order valence-electron chi connectivity index (χ1n) is 6.27. The highest BCUT2D eigenvalue weighted by atomic mass is 79.9. The summed E-state index contributed by atoms with van der Waals surface area (Å²) in [5.74, 6) is -0.284. The van der Waals surface area contributed by atoms with Crippen LogP contribution in [0.1, 0.15) is 12.0 Å². The van der Waals surface area contributed by atoms with E-state index in [0.29, 0.717) is 25.3 Å². The number of esters is 1. The number of hydrogen-bond acceptors (Lipinski definition) is 5. The number of carbonyl (C=O) groups excluding carboxylic acids is 1. The molecular formula is C14H15BrN2O3. The van der Waals surface area contributed by atoms with Crippen molar-refractivity contribution in [2.24, 2.45) is 0 Å². The molecule has 1 heterocycles. The number of halogens is 1. The van der Waals surface area contributed by atoms with E-state index in [2.05, 4.69) is 31.6 Å². The maximum absolute atomic E-state index is 11.3. The summed E-state index contributed by atoms with van der Waals surface area (Å²) in [7, 11) is 1.37. The molecule has 1 aromatic rings. The molecule has 0 aliphatic carbocycles. The summed E-state index contributed by atoms with van der Waals surface area (Å²) in [5, 5.41) is 9.22. The van der Waals surface area contributed by atoms with Gasteiger partial charge in [0.2, 0.25) is 0 Å². The molecule has 0 saturated carbocycles. The zero-order valence-corrected chi connectivity index (χ0v) is 12.7. The summed E-state index contributed by atoms with van der Waals surface area (Å²) in [6, 6.07) is 7.80. The Bertz CT molecular complexity index is 542. The third-order valence-corrected chi connectivity index (χ3v) is 3.67. The van der Waals surface area contributed by atoms with E-state index in [1.165, 1.54) is 7.11 Å². The molecule has 0 bridgehead atoms. The molecule has 1 aliphatic heterocycles. The van der Waals surface area contributed by atoms with E-state index in [-0.39, 0.29) is 18.5 Å². The van der Waals surface area contributed by atoms with Crippen LogP contribution >= 0.6 is 15.9 Å². The van der Waals surface area contributed by atoms with Crippen molar-refractivity contribution in [2.75, 3.05) is 31.7 Å². The Morgan fingerprint density at radius 3 is 3.15 bits per heavy atom. The average Bonchev–Trinajstić information content (AvgIpc) is 2.47. The quantitative estimate of drug-likeness (QED) is 0.789. The highest BCUT2D eigenvalue weighted by molar-refractivity contribution is 9.10. The molecule has 5 nitrogen and oxygen atoms in total. The Morgan fingerprint density at radius 1 is 1.65 bits per heavy atom. The van der Waals surface area contributed by atoms with E-state index < -0.39 is 0 Å². The number of methoxy groups -OCH3 is 1. The second-order valence-electron chi connectivity index (χ2n) is 4.49. The number of anilines is 1. The van der Waals surface area contributed by atoms with Crippen LogP contribution in [-0.2, 0) is 14.3 Å². The van der Waals surface area contributed by atoms with Crippen LogP contribution in [0.2, 0.25) is 0 Å². The molecule has 1 aromatic carbocycles. The fourth-order valence-corrected chi connectivity index (χ4v) is 2.57. The Balaban J connectivity index is 2.13. The monoisotopic (exact) mass is 338 g/mol. The van der Waals surface area contributed by atoms with Gasteiger partial charge in [-0.15, -0.1) is 0 Å². The largest absolute Gasteiger partial charge is 0.469 e. The molecule has 0 amide bonds. The van der Waals surface area contributed by atoms with Crippen molar-refractivity contribution < 1.29 is 14.3 Å². The summed E-state index contributed by atoms with van der Waals surface area (Å²) < 4.78 is 11.1. The van der Waals surface area contributed by atoms with Crippen LogP contribution in [0.25, 0.3) is 0 Å². The van der Waals surface area contributed by atoms with Crippen LogP contribution in [0, 0.1) is 11.3 Å². The van der Waals surface area contributed by atoms with E-state index >= 15 is 0 Å². The smallest absolute Gasteiger partial charge is 0.308 e. The SMILES string of the molecule is COC(=O)C[C@H]1CN(c2ccc(Br)cc2C#N)CCO1. The molecule has 1 atom stereocenters. The van der Waals surface area contributed by atoms with Crippen molar-refractivity contribution >= 4 is 27.6 Å². The lowest BCUT2D eigenvalue weighted by Crippen LogP contribution is -2.43. The van der Waals surface area contributed by atoms with Crippen molar-refractivity contribution in [1.82, 2.24) is 0 Å². The second kappa shape index (κ2) is 6.73. The zero-order valence-electron chi connectivity index (χ0n) is 11.1. The Hall–Kier alpha value is -1.58. The van der Waals surface area contributed by atoms with Crippen molar-refractivity contribution in [3.8, 4) is 6.07 Å². The molecule has 0 N–H and O–H groups in total. The second-order valence-corrected chi connectivity index (χ2v) is 5.41. The molecule has 2 rings (SSSR count). The number of carbonyl (C=O) groups is 1. The maximum atomic E-state index is 11.3. The van der Waals surface area contributed by atoms with Gasteiger partial charge in [0.15, 0.2) is 0 Å². The number of benzene rings is 1. The molecule has 6 heteroatoms. The highest BCUT2D eigenvalue weighted by Gasteiger charge is 2.24. The Morgan fingerprint density at radius 2 is 2.45 bits per heavy atom.